The van der Waals surface area contributed by atoms with Crippen LogP contribution in [0.1, 0.15) is 11.3 Å². The Kier molecular flexibility index (Phi) is 3.90. The molecule has 23 heavy (non-hydrogen) atoms. The van der Waals surface area contributed by atoms with Gasteiger partial charge in [0.2, 0.25) is 0 Å². The maximum atomic E-state index is 6.03. The molecule has 0 fully saturated rings. The molecule has 0 aliphatic carbocycles. The lowest BCUT2D eigenvalue weighted by atomic mass is 10.0. The van der Waals surface area contributed by atoms with E-state index in [1.807, 2.05) is 18.2 Å². The number of aromatic nitrogens is 2. The summed E-state index contributed by atoms with van der Waals surface area (Å²) >= 11 is 6.03. The quantitative estimate of drug-likeness (QED) is 0.775. The maximum Gasteiger partial charge on any atom is 0.0962 e. The highest BCUT2D eigenvalue weighted by Gasteiger charge is 2.21. The fourth-order valence-electron chi connectivity index (χ4n) is 3.17. The van der Waals surface area contributed by atoms with Gasteiger partial charge in [-0.25, -0.2) is 4.68 Å². The van der Waals surface area contributed by atoms with E-state index >= 15 is 0 Å². The molecule has 0 saturated carbocycles. The van der Waals surface area contributed by atoms with Crippen molar-refractivity contribution in [3.05, 3.63) is 70.9 Å². The van der Waals surface area contributed by atoms with Gasteiger partial charge in [-0.05, 0) is 37.2 Å². The van der Waals surface area contributed by atoms with Crippen LogP contribution in [0.4, 0.5) is 0 Å². The van der Waals surface area contributed by atoms with Gasteiger partial charge in [-0.3, -0.25) is 0 Å². The van der Waals surface area contributed by atoms with Crippen molar-refractivity contribution in [1.82, 2.24) is 15.1 Å². The van der Waals surface area contributed by atoms with Crippen molar-refractivity contribution in [3.63, 3.8) is 0 Å². The third-order valence-corrected chi connectivity index (χ3v) is 4.55. The molecule has 0 radical (unpaired) electrons. The zero-order chi connectivity index (χ0) is 15.6. The van der Waals surface area contributed by atoms with Gasteiger partial charge in [0, 0.05) is 34.8 Å². The first-order chi connectivity index (χ1) is 11.3. The van der Waals surface area contributed by atoms with Crippen molar-refractivity contribution in [2.24, 2.45) is 0 Å². The molecule has 1 aromatic heterocycles. The summed E-state index contributed by atoms with van der Waals surface area (Å²) in [6.07, 6.45) is 1.99. The number of para-hydroxylation sites is 1. The first kappa shape index (κ1) is 14.5. The molecule has 4 heteroatoms. The summed E-state index contributed by atoms with van der Waals surface area (Å²) in [5, 5.41) is 9.19. The van der Waals surface area contributed by atoms with Crippen LogP contribution in [0.25, 0.3) is 16.9 Å². The molecule has 1 aliphatic rings. The Labute approximate surface area is 140 Å². The summed E-state index contributed by atoms with van der Waals surface area (Å²) in [5.74, 6) is 0. The van der Waals surface area contributed by atoms with Crippen LogP contribution in [0.5, 0.6) is 0 Å². The second kappa shape index (κ2) is 6.19. The molecule has 3 aromatic rings. The summed E-state index contributed by atoms with van der Waals surface area (Å²) in [5.41, 5.74) is 5.98. The van der Waals surface area contributed by atoms with Gasteiger partial charge in [-0.1, -0.05) is 41.9 Å². The van der Waals surface area contributed by atoms with Crippen LogP contribution >= 0.6 is 11.6 Å². The number of benzene rings is 2. The van der Waals surface area contributed by atoms with Crippen molar-refractivity contribution in [3.8, 4) is 16.9 Å². The van der Waals surface area contributed by atoms with Crippen molar-refractivity contribution in [1.29, 1.82) is 0 Å². The Hall–Kier alpha value is -2.10. The van der Waals surface area contributed by atoms with Crippen LogP contribution in [0.2, 0.25) is 5.02 Å². The molecular weight excluding hydrogens is 306 g/mol. The highest BCUT2D eigenvalue weighted by molar-refractivity contribution is 6.30. The van der Waals surface area contributed by atoms with Gasteiger partial charge in [0.05, 0.1) is 11.4 Å². The zero-order valence-electron chi connectivity index (χ0n) is 12.8. The van der Waals surface area contributed by atoms with E-state index in [-0.39, 0.29) is 0 Å². The lowest BCUT2D eigenvalue weighted by Gasteiger charge is -2.06. The van der Waals surface area contributed by atoms with Crippen LogP contribution in [0.3, 0.4) is 0 Å². The van der Waals surface area contributed by atoms with Crippen molar-refractivity contribution in [2.45, 2.75) is 12.8 Å². The number of rotatable bonds is 2. The van der Waals surface area contributed by atoms with E-state index in [2.05, 4.69) is 46.4 Å². The van der Waals surface area contributed by atoms with Crippen LogP contribution < -0.4 is 5.32 Å². The molecule has 0 unspecified atom stereocenters. The van der Waals surface area contributed by atoms with Gasteiger partial charge in [0.15, 0.2) is 0 Å². The number of hydrogen-bond acceptors (Lipinski definition) is 2. The molecule has 0 saturated heterocycles. The van der Waals surface area contributed by atoms with Gasteiger partial charge in [-0.2, -0.15) is 5.10 Å². The summed E-state index contributed by atoms with van der Waals surface area (Å²) in [6.45, 7) is 1.99. The third kappa shape index (κ3) is 2.78. The number of halogens is 1. The standard InChI is InChI=1S/C19H18ClN3/c20-15-8-6-14(7-9-15)19-17-10-12-21-13-11-18(17)23(22-19)16-4-2-1-3-5-16/h1-9,21H,10-13H2. The van der Waals surface area contributed by atoms with E-state index in [0.29, 0.717) is 0 Å². The topological polar surface area (TPSA) is 29.9 Å². The average molecular weight is 324 g/mol. The molecular formula is C19H18ClN3. The molecule has 0 spiro atoms. The highest BCUT2D eigenvalue weighted by atomic mass is 35.5. The Morgan fingerprint density at radius 3 is 2.43 bits per heavy atom. The predicted octanol–water partition coefficient (Wildman–Crippen LogP) is 3.88. The first-order valence-corrected chi connectivity index (χ1v) is 8.33. The number of nitrogens with one attached hydrogen (secondary N) is 1. The number of hydrogen-bond donors (Lipinski definition) is 1. The summed E-state index contributed by atoms with van der Waals surface area (Å²) in [6, 6.07) is 18.3. The molecule has 4 rings (SSSR count). The van der Waals surface area contributed by atoms with Crippen molar-refractivity contribution in [2.75, 3.05) is 13.1 Å². The predicted molar refractivity (Wildman–Crippen MR) is 94.3 cm³/mol. The van der Waals surface area contributed by atoms with Crippen LogP contribution in [-0.4, -0.2) is 22.9 Å². The second-order valence-corrected chi connectivity index (χ2v) is 6.21. The average Bonchev–Trinajstić information content (AvgIpc) is 2.78. The van der Waals surface area contributed by atoms with E-state index in [9.17, 15) is 0 Å². The van der Waals surface area contributed by atoms with Crippen LogP contribution in [-0.2, 0) is 12.8 Å². The zero-order valence-corrected chi connectivity index (χ0v) is 13.6. The van der Waals surface area contributed by atoms with Crippen molar-refractivity contribution >= 4 is 11.6 Å². The smallest absolute Gasteiger partial charge is 0.0962 e. The molecule has 0 atom stereocenters. The Balaban J connectivity index is 1.89. The molecule has 116 valence electrons. The minimum Gasteiger partial charge on any atom is -0.316 e. The lowest BCUT2D eigenvalue weighted by Crippen LogP contribution is -2.17. The Morgan fingerprint density at radius 1 is 0.913 bits per heavy atom. The van der Waals surface area contributed by atoms with E-state index in [4.69, 9.17) is 16.7 Å². The first-order valence-electron chi connectivity index (χ1n) is 7.96. The normalized spacial score (nSPS) is 14.3. The lowest BCUT2D eigenvalue weighted by molar-refractivity contribution is 0.691. The number of fused-ring (bicyclic) bond motifs is 1. The minimum absolute atomic E-state index is 0.754. The molecule has 0 amide bonds. The van der Waals surface area contributed by atoms with Gasteiger partial charge in [0.1, 0.15) is 0 Å². The van der Waals surface area contributed by atoms with E-state index in [1.165, 1.54) is 11.3 Å². The molecule has 1 aliphatic heterocycles. The monoisotopic (exact) mass is 323 g/mol. The SMILES string of the molecule is Clc1ccc(-c2nn(-c3ccccc3)c3c2CCNCC3)cc1. The third-order valence-electron chi connectivity index (χ3n) is 4.30. The van der Waals surface area contributed by atoms with Crippen LogP contribution in [0.15, 0.2) is 54.6 Å². The van der Waals surface area contributed by atoms with E-state index < -0.39 is 0 Å². The fourth-order valence-corrected chi connectivity index (χ4v) is 3.30. The molecule has 2 aromatic carbocycles. The van der Waals surface area contributed by atoms with Crippen LogP contribution in [0, 0.1) is 0 Å². The summed E-state index contributed by atoms with van der Waals surface area (Å²) in [4.78, 5) is 0. The number of nitrogens with zero attached hydrogens (tertiary/aromatic N) is 2. The minimum atomic E-state index is 0.754. The Morgan fingerprint density at radius 2 is 1.65 bits per heavy atom. The van der Waals surface area contributed by atoms with Gasteiger partial charge < -0.3 is 5.32 Å². The summed E-state index contributed by atoms with van der Waals surface area (Å²) < 4.78 is 2.10. The largest absolute Gasteiger partial charge is 0.316 e. The van der Waals surface area contributed by atoms with E-state index in [0.717, 1.165) is 47.9 Å². The van der Waals surface area contributed by atoms with Gasteiger partial charge >= 0.3 is 0 Å². The maximum absolute atomic E-state index is 6.03. The molecule has 2 heterocycles. The molecule has 1 N–H and O–H groups in total. The summed E-state index contributed by atoms with van der Waals surface area (Å²) in [7, 11) is 0. The molecule has 0 bridgehead atoms. The molecule has 3 nitrogen and oxygen atoms in total. The fraction of sp³-hybridized carbons (Fsp3) is 0.211. The van der Waals surface area contributed by atoms with Gasteiger partial charge in [0.25, 0.3) is 0 Å². The second-order valence-electron chi connectivity index (χ2n) is 5.78. The van der Waals surface area contributed by atoms with Gasteiger partial charge in [-0.15, -0.1) is 0 Å². The van der Waals surface area contributed by atoms with E-state index in [1.54, 1.807) is 0 Å². The van der Waals surface area contributed by atoms with Crippen molar-refractivity contribution < 1.29 is 0 Å². The Bertz CT molecular complexity index is 807. The highest BCUT2D eigenvalue weighted by Crippen LogP contribution is 2.30.